The second-order valence-corrected chi connectivity index (χ2v) is 15.2. The van der Waals surface area contributed by atoms with Crippen LogP contribution in [-0.2, 0) is 71.4 Å². The summed E-state index contributed by atoms with van der Waals surface area (Å²) in [6.45, 7) is 9.63. The Balaban J connectivity index is 1.68. The standard InChI is InChI=1S/C45H54O22/c1-8-28(50)61-36-20(7)58-44(42(65-32(54)12-5)40(36)63-30(52)10-3)57-19-27-38(62-29(51)9-2)41(64-31(53)11-4)43(66-33(55)13-6)45(60-27)67-39-35(56)34-25(49)17-22(46)18-26(34)59-37(39)21-14-15-23(47)24(48)16-21/h14-18,20,27,36,38,40-49H,8-13,19H2,1-7H3/t20-,27+,36-,38+,40+,41-,42+,43+,44+,45-/m0/s1. The fourth-order valence-electron chi connectivity index (χ4n) is 6.98. The molecule has 366 valence electrons. The summed E-state index contributed by atoms with van der Waals surface area (Å²) in [5.41, 5.74) is -1.57. The van der Waals surface area contributed by atoms with E-state index in [9.17, 15) is 54.0 Å². The molecular formula is C45H54O22. The van der Waals surface area contributed by atoms with Crippen LogP contribution in [0.15, 0.2) is 39.5 Å². The number of phenols is 4. The number of carbonyl (C=O) groups excluding carboxylic acids is 6. The molecule has 3 heterocycles. The summed E-state index contributed by atoms with van der Waals surface area (Å²) in [6, 6.07) is 5.14. The fraction of sp³-hybridized carbons (Fsp3) is 0.533. The zero-order valence-electron chi connectivity index (χ0n) is 37.7. The van der Waals surface area contributed by atoms with Gasteiger partial charge in [-0.3, -0.25) is 33.6 Å². The van der Waals surface area contributed by atoms with Crippen LogP contribution in [0.4, 0.5) is 0 Å². The Morgan fingerprint density at radius 1 is 0.552 bits per heavy atom. The molecule has 1 aromatic heterocycles. The molecule has 0 bridgehead atoms. The molecule has 22 heteroatoms. The topological polar surface area (TPSA) is 306 Å². The number of ether oxygens (including phenoxy) is 10. The molecular weight excluding hydrogens is 892 g/mol. The van der Waals surface area contributed by atoms with Gasteiger partial charge in [0.25, 0.3) is 0 Å². The molecule has 2 aromatic carbocycles. The Kier molecular flexibility index (Phi) is 17.4. The van der Waals surface area contributed by atoms with Crippen molar-refractivity contribution in [3.8, 4) is 40.1 Å². The van der Waals surface area contributed by atoms with Gasteiger partial charge in [-0.05, 0) is 25.1 Å². The van der Waals surface area contributed by atoms with Crippen LogP contribution in [0.3, 0.4) is 0 Å². The van der Waals surface area contributed by atoms with E-state index in [0.717, 1.165) is 24.3 Å². The molecule has 2 fully saturated rings. The summed E-state index contributed by atoms with van der Waals surface area (Å²) in [6.07, 6.45) is -17.2. The number of hydrogen-bond acceptors (Lipinski definition) is 22. The molecule has 4 N–H and O–H groups in total. The normalized spacial score (nSPS) is 24.8. The number of carbonyl (C=O) groups is 6. The van der Waals surface area contributed by atoms with Crippen LogP contribution >= 0.6 is 0 Å². The Morgan fingerprint density at radius 3 is 1.55 bits per heavy atom. The highest BCUT2D eigenvalue weighted by atomic mass is 16.8. The fourth-order valence-corrected chi connectivity index (χ4v) is 6.98. The van der Waals surface area contributed by atoms with E-state index in [1.165, 1.54) is 54.5 Å². The van der Waals surface area contributed by atoms with Gasteiger partial charge in [-0.15, -0.1) is 0 Å². The Morgan fingerprint density at radius 2 is 1.03 bits per heavy atom. The maximum Gasteiger partial charge on any atom is 0.306 e. The predicted molar refractivity (Wildman–Crippen MR) is 225 cm³/mol. The van der Waals surface area contributed by atoms with Crippen LogP contribution in [0.5, 0.6) is 28.7 Å². The van der Waals surface area contributed by atoms with E-state index in [0.29, 0.717) is 0 Å². The highest BCUT2D eigenvalue weighted by Crippen LogP contribution is 2.41. The first-order valence-corrected chi connectivity index (χ1v) is 21.7. The molecule has 10 atom stereocenters. The predicted octanol–water partition coefficient (Wildman–Crippen LogP) is 4.08. The Hall–Kier alpha value is -6.65. The minimum atomic E-state index is -2.03. The SMILES string of the molecule is CCC(=O)O[C@@H]1[C@@H](OC(=O)CC)[C@H](C)O[C@@H](OC[C@H]2O[C@@H](Oc3c(-c4ccc(O)c(O)c4)oc4cc(O)cc(O)c4c3=O)[C@H](OC(=O)CC)[C@@H](OC(=O)CC)[C@@H]2OC(=O)CC)[C@@H]1OC(=O)CC. The van der Waals surface area contributed by atoms with E-state index >= 15 is 0 Å². The minimum absolute atomic E-state index is 0.0692. The van der Waals surface area contributed by atoms with Gasteiger partial charge in [-0.25, -0.2) is 0 Å². The lowest BCUT2D eigenvalue weighted by molar-refractivity contribution is -0.324. The summed E-state index contributed by atoms with van der Waals surface area (Å²) in [4.78, 5) is 92.2. The van der Waals surface area contributed by atoms with Gasteiger partial charge >= 0.3 is 35.8 Å². The second kappa shape index (κ2) is 22.7. The lowest BCUT2D eigenvalue weighted by atomic mass is 9.97. The highest BCUT2D eigenvalue weighted by Gasteiger charge is 2.56. The van der Waals surface area contributed by atoms with Gasteiger partial charge in [0.2, 0.25) is 23.6 Å². The van der Waals surface area contributed by atoms with Crippen molar-refractivity contribution in [2.45, 2.75) is 148 Å². The summed E-state index contributed by atoms with van der Waals surface area (Å²) in [5, 5.41) is 41.2. The minimum Gasteiger partial charge on any atom is -0.508 e. The monoisotopic (exact) mass is 946 g/mol. The molecule has 5 rings (SSSR count). The Bertz CT molecular complexity index is 2360. The number of phenolic OH excluding ortho intramolecular Hbond substituents is 4. The third-order valence-corrected chi connectivity index (χ3v) is 10.5. The van der Waals surface area contributed by atoms with E-state index in [-0.39, 0.29) is 49.7 Å². The lowest BCUT2D eigenvalue weighted by Gasteiger charge is -2.46. The van der Waals surface area contributed by atoms with Crippen LogP contribution in [0.1, 0.15) is 87.0 Å². The first-order chi connectivity index (χ1) is 31.9. The van der Waals surface area contributed by atoms with Crippen LogP contribution in [0, 0.1) is 0 Å². The summed E-state index contributed by atoms with van der Waals surface area (Å²) in [5.74, 6) is -8.63. The van der Waals surface area contributed by atoms with Crippen LogP contribution in [0.2, 0.25) is 0 Å². The molecule has 3 aromatic rings. The van der Waals surface area contributed by atoms with Crippen molar-refractivity contribution in [1.29, 1.82) is 0 Å². The zero-order chi connectivity index (χ0) is 49.3. The number of rotatable bonds is 18. The molecule has 22 nitrogen and oxygen atoms in total. The van der Waals surface area contributed by atoms with Crippen molar-refractivity contribution in [3.63, 3.8) is 0 Å². The van der Waals surface area contributed by atoms with Crippen molar-refractivity contribution < 1.29 is 101 Å². The lowest BCUT2D eigenvalue weighted by Crippen LogP contribution is -2.65. The van der Waals surface area contributed by atoms with Gasteiger partial charge in [-0.2, -0.15) is 0 Å². The van der Waals surface area contributed by atoms with E-state index in [1.54, 1.807) is 0 Å². The van der Waals surface area contributed by atoms with Gasteiger partial charge in [-0.1, -0.05) is 41.5 Å². The van der Waals surface area contributed by atoms with Crippen molar-refractivity contribution in [3.05, 3.63) is 40.6 Å². The van der Waals surface area contributed by atoms with Gasteiger partial charge in [0, 0.05) is 56.2 Å². The average molecular weight is 947 g/mol. The molecule has 2 aliphatic rings. The van der Waals surface area contributed by atoms with E-state index < -0.39 is 149 Å². The third kappa shape index (κ3) is 12.0. The van der Waals surface area contributed by atoms with E-state index in [2.05, 4.69) is 0 Å². The maximum absolute atomic E-state index is 14.4. The van der Waals surface area contributed by atoms with E-state index in [4.69, 9.17) is 51.8 Å². The van der Waals surface area contributed by atoms with Gasteiger partial charge < -0.3 is 72.2 Å². The quantitative estimate of drug-likeness (QED) is 0.0793. The number of fused-ring (bicyclic) bond motifs is 1. The van der Waals surface area contributed by atoms with Crippen LogP contribution in [-0.4, -0.2) is 124 Å². The third-order valence-electron chi connectivity index (χ3n) is 10.5. The molecule has 0 aliphatic carbocycles. The molecule has 0 amide bonds. The van der Waals surface area contributed by atoms with Gasteiger partial charge in [0.15, 0.2) is 54.1 Å². The number of hydrogen-bond donors (Lipinski definition) is 4. The zero-order valence-corrected chi connectivity index (χ0v) is 37.7. The summed E-state index contributed by atoms with van der Waals surface area (Å²) < 4.78 is 65.3. The molecule has 2 saturated heterocycles. The molecule has 67 heavy (non-hydrogen) atoms. The molecule has 0 saturated carbocycles. The highest BCUT2D eigenvalue weighted by molar-refractivity contribution is 5.88. The summed E-state index contributed by atoms with van der Waals surface area (Å²) >= 11 is 0. The van der Waals surface area contributed by atoms with Crippen LogP contribution in [0.25, 0.3) is 22.3 Å². The largest absolute Gasteiger partial charge is 0.508 e. The Labute approximate surface area is 382 Å². The number of esters is 6. The van der Waals surface area contributed by atoms with Crippen molar-refractivity contribution >= 4 is 46.8 Å². The van der Waals surface area contributed by atoms with E-state index in [1.807, 2.05) is 0 Å². The second-order valence-electron chi connectivity index (χ2n) is 15.2. The molecule has 0 radical (unpaired) electrons. The van der Waals surface area contributed by atoms with Gasteiger partial charge in [0.1, 0.15) is 28.6 Å². The molecule has 0 unspecified atom stereocenters. The van der Waals surface area contributed by atoms with Crippen LogP contribution < -0.4 is 10.2 Å². The number of benzene rings is 2. The smallest absolute Gasteiger partial charge is 0.306 e. The first-order valence-electron chi connectivity index (χ1n) is 21.7. The first kappa shape index (κ1) is 51.3. The van der Waals surface area contributed by atoms with Crippen molar-refractivity contribution in [2.75, 3.05) is 6.61 Å². The molecule has 2 aliphatic heterocycles. The molecule has 0 spiro atoms. The number of aromatic hydroxyl groups is 4. The van der Waals surface area contributed by atoms with Gasteiger partial charge in [0.05, 0.1) is 12.7 Å². The maximum atomic E-state index is 14.4. The van der Waals surface area contributed by atoms with Crippen molar-refractivity contribution in [2.24, 2.45) is 0 Å². The van der Waals surface area contributed by atoms with Crippen molar-refractivity contribution in [1.82, 2.24) is 0 Å². The summed E-state index contributed by atoms with van der Waals surface area (Å²) in [7, 11) is 0. The average Bonchev–Trinajstić information content (AvgIpc) is 3.30.